The standard InChI is InChI=1S/C15H22O4/c1-8-9-6-11-14(2,7-10(9)19-13(8)17)12(16)4-5-15(11,3)18/h9-12,16,18H,1,4-7H2,2-3H3/t9-,10+,11-,12+,14-,15+/m0/s1. The molecule has 106 valence electrons. The van der Waals surface area contributed by atoms with Gasteiger partial charge in [0.2, 0.25) is 0 Å². The Balaban J connectivity index is 1.97. The number of hydrogen-bond donors (Lipinski definition) is 2. The van der Waals surface area contributed by atoms with Gasteiger partial charge in [0.1, 0.15) is 6.10 Å². The fraction of sp³-hybridized carbons (Fsp3) is 0.800. The van der Waals surface area contributed by atoms with E-state index in [0.29, 0.717) is 31.3 Å². The van der Waals surface area contributed by atoms with Crippen LogP contribution in [0.4, 0.5) is 0 Å². The van der Waals surface area contributed by atoms with Crippen LogP contribution in [0, 0.1) is 17.3 Å². The topological polar surface area (TPSA) is 66.8 Å². The van der Waals surface area contributed by atoms with Crippen LogP contribution in [0.2, 0.25) is 0 Å². The highest BCUT2D eigenvalue weighted by Gasteiger charge is 2.60. The number of ether oxygens (including phenoxy) is 1. The molecule has 0 spiro atoms. The summed E-state index contributed by atoms with van der Waals surface area (Å²) in [6.45, 7) is 7.69. The van der Waals surface area contributed by atoms with Gasteiger partial charge in [-0.1, -0.05) is 13.5 Å². The van der Waals surface area contributed by atoms with Crippen LogP contribution in [-0.4, -0.2) is 34.0 Å². The Kier molecular flexibility index (Phi) is 2.64. The second kappa shape index (κ2) is 3.83. The van der Waals surface area contributed by atoms with E-state index in [1.165, 1.54) is 0 Å². The van der Waals surface area contributed by atoms with Gasteiger partial charge in [0, 0.05) is 16.9 Å². The Labute approximate surface area is 113 Å². The van der Waals surface area contributed by atoms with E-state index in [1.807, 2.05) is 13.8 Å². The molecule has 3 fully saturated rings. The zero-order chi connectivity index (χ0) is 14.0. The maximum Gasteiger partial charge on any atom is 0.334 e. The van der Waals surface area contributed by atoms with Gasteiger partial charge in [-0.3, -0.25) is 0 Å². The third-order valence-corrected chi connectivity index (χ3v) is 5.78. The number of carbonyl (C=O) groups excluding carboxylic acids is 1. The van der Waals surface area contributed by atoms with Gasteiger partial charge in [-0.25, -0.2) is 4.79 Å². The van der Waals surface area contributed by atoms with Crippen molar-refractivity contribution in [1.82, 2.24) is 0 Å². The number of rotatable bonds is 0. The summed E-state index contributed by atoms with van der Waals surface area (Å²) >= 11 is 0. The molecule has 0 aromatic heterocycles. The lowest BCUT2D eigenvalue weighted by molar-refractivity contribution is -0.189. The van der Waals surface area contributed by atoms with Crippen molar-refractivity contribution in [3.05, 3.63) is 12.2 Å². The Morgan fingerprint density at radius 3 is 2.79 bits per heavy atom. The molecule has 6 atom stereocenters. The first kappa shape index (κ1) is 13.1. The van der Waals surface area contributed by atoms with Crippen LogP contribution in [0.1, 0.15) is 39.5 Å². The highest BCUT2D eigenvalue weighted by molar-refractivity contribution is 5.90. The molecule has 4 heteroatoms. The lowest BCUT2D eigenvalue weighted by Crippen LogP contribution is -2.59. The molecule has 2 N–H and O–H groups in total. The predicted molar refractivity (Wildman–Crippen MR) is 69.2 cm³/mol. The van der Waals surface area contributed by atoms with Crippen LogP contribution >= 0.6 is 0 Å². The van der Waals surface area contributed by atoms with Crippen LogP contribution in [0.5, 0.6) is 0 Å². The maximum absolute atomic E-state index is 11.6. The maximum atomic E-state index is 11.6. The van der Waals surface area contributed by atoms with Crippen LogP contribution < -0.4 is 0 Å². The van der Waals surface area contributed by atoms with Gasteiger partial charge in [0.25, 0.3) is 0 Å². The average molecular weight is 266 g/mol. The first-order valence-corrected chi connectivity index (χ1v) is 7.06. The number of aliphatic hydroxyl groups is 2. The van der Waals surface area contributed by atoms with E-state index in [2.05, 4.69) is 6.58 Å². The number of esters is 1. The quantitative estimate of drug-likeness (QED) is 0.514. The van der Waals surface area contributed by atoms with Crippen molar-refractivity contribution in [2.75, 3.05) is 0 Å². The largest absolute Gasteiger partial charge is 0.458 e. The summed E-state index contributed by atoms with van der Waals surface area (Å²) in [5.74, 6) is -0.329. The summed E-state index contributed by atoms with van der Waals surface area (Å²) in [6.07, 6.45) is 1.88. The highest BCUT2D eigenvalue weighted by atomic mass is 16.6. The number of aliphatic hydroxyl groups excluding tert-OH is 1. The molecule has 0 amide bonds. The smallest absolute Gasteiger partial charge is 0.334 e. The summed E-state index contributed by atoms with van der Waals surface area (Å²) in [6, 6.07) is 0. The summed E-state index contributed by atoms with van der Waals surface area (Å²) in [7, 11) is 0. The molecule has 1 heterocycles. The summed E-state index contributed by atoms with van der Waals surface area (Å²) < 4.78 is 5.38. The van der Waals surface area contributed by atoms with Crippen molar-refractivity contribution in [2.45, 2.75) is 57.3 Å². The van der Waals surface area contributed by atoms with Crippen molar-refractivity contribution < 1.29 is 19.7 Å². The van der Waals surface area contributed by atoms with Gasteiger partial charge < -0.3 is 14.9 Å². The fourth-order valence-corrected chi connectivity index (χ4v) is 4.51. The minimum Gasteiger partial charge on any atom is -0.458 e. The second-order valence-electron chi connectivity index (χ2n) is 6.99. The lowest BCUT2D eigenvalue weighted by atomic mass is 9.51. The van der Waals surface area contributed by atoms with Gasteiger partial charge in [0.15, 0.2) is 0 Å². The molecule has 2 aliphatic carbocycles. The van der Waals surface area contributed by atoms with E-state index in [9.17, 15) is 15.0 Å². The molecule has 3 rings (SSSR count). The minimum atomic E-state index is -0.787. The molecule has 0 radical (unpaired) electrons. The van der Waals surface area contributed by atoms with E-state index < -0.39 is 11.7 Å². The first-order valence-electron chi connectivity index (χ1n) is 7.06. The SMILES string of the molecule is C=C1C(=O)O[C@@H]2C[C@]3(C)[C@H](O)CC[C@@](C)(O)[C@H]3C[C@@H]12. The normalized spacial score (nSPS) is 53.5. The third-order valence-electron chi connectivity index (χ3n) is 5.78. The minimum absolute atomic E-state index is 0.00218. The molecule has 4 nitrogen and oxygen atoms in total. The third kappa shape index (κ3) is 1.69. The van der Waals surface area contributed by atoms with Crippen molar-refractivity contribution in [2.24, 2.45) is 17.3 Å². The van der Waals surface area contributed by atoms with Gasteiger partial charge in [0.05, 0.1) is 11.7 Å². The average Bonchev–Trinajstić information content (AvgIpc) is 2.59. The molecule has 0 aromatic carbocycles. The molecule has 0 bridgehead atoms. The van der Waals surface area contributed by atoms with Crippen molar-refractivity contribution in [3.8, 4) is 0 Å². The molecular weight excluding hydrogens is 244 g/mol. The van der Waals surface area contributed by atoms with Gasteiger partial charge in [-0.15, -0.1) is 0 Å². The van der Waals surface area contributed by atoms with E-state index in [-0.39, 0.29) is 29.3 Å². The van der Waals surface area contributed by atoms with E-state index in [4.69, 9.17) is 4.74 Å². The monoisotopic (exact) mass is 266 g/mol. The van der Waals surface area contributed by atoms with Crippen LogP contribution in [0.3, 0.4) is 0 Å². The summed E-state index contributed by atoms with van der Waals surface area (Å²) in [4.78, 5) is 11.6. The molecule has 3 aliphatic rings. The lowest BCUT2D eigenvalue weighted by Gasteiger charge is -2.56. The molecule has 19 heavy (non-hydrogen) atoms. The Morgan fingerprint density at radius 2 is 2.11 bits per heavy atom. The van der Waals surface area contributed by atoms with Crippen molar-refractivity contribution >= 4 is 5.97 Å². The van der Waals surface area contributed by atoms with Crippen molar-refractivity contribution in [3.63, 3.8) is 0 Å². The van der Waals surface area contributed by atoms with Gasteiger partial charge >= 0.3 is 5.97 Å². The summed E-state index contributed by atoms with van der Waals surface area (Å²) in [5, 5.41) is 21.0. The Morgan fingerprint density at radius 1 is 1.42 bits per heavy atom. The molecule has 1 aliphatic heterocycles. The van der Waals surface area contributed by atoms with Crippen LogP contribution in [0.25, 0.3) is 0 Å². The fourth-order valence-electron chi connectivity index (χ4n) is 4.51. The number of carbonyl (C=O) groups is 1. The zero-order valence-electron chi connectivity index (χ0n) is 11.6. The number of fused-ring (bicyclic) bond motifs is 2. The molecular formula is C15H22O4. The van der Waals surface area contributed by atoms with Gasteiger partial charge in [-0.2, -0.15) is 0 Å². The van der Waals surface area contributed by atoms with E-state index >= 15 is 0 Å². The molecule has 0 aromatic rings. The summed E-state index contributed by atoms with van der Waals surface area (Å²) in [5.41, 5.74) is -0.637. The predicted octanol–water partition coefficient (Wildman–Crippen LogP) is 1.41. The Bertz CT molecular complexity index is 441. The Hall–Kier alpha value is -0.870. The van der Waals surface area contributed by atoms with Gasteiger partial charge in [-0.05, 0) is 38.5 Å². The van der Waals surface area contributed by atoms with E-state index in [0.717, 1.165) is 0 Å². The zero-order valence-corrected chi connectivity index (χ0v) is 11.6. The highest BCUT2D eigenvalue weighted by Crippen LogP contribution is 2.58. The second-order valence-corrected chi connectivity index (χ2v) is 6.99. The molecule has 1 saturated heterocycles. The first-order chi connectivity index (χ1) is 8.75. The molecule has 2 saturated carbocycles. The number of hydrogen-bond acceptors (Lipinski definition) is 4. The molecule has 0 unspecified atom stereocenters. The van der Waals surface area contributed by atoms with E-state index in [1.54, 1.807) is 0 Å². The van der Waals surface area contributed by atoms with Crippen molar-refractivity contribution in [1.29, 1.82) is 0 Å². The van der Waals surface area contributed by atoms with Crippen LogP contribution in [-0.2, 0) is 9.53 Å². The van der Waals surface area contributed by atoms with Crippen LogP contribution in [0.15, 0.2) is 12.2 Å².